The van der Waals surface area contributed by atoms with E-state index in [-0.39, 0.29) is 18.2 Å². The molecule has 0 bridgehead atoms. The quantitative estimate of drug-likeness (QED) is 0.703. The summed E-state index contributed by atoms with van der Waals surface area (Å²) in [6, 6.07) is 0. The summed E-state index contributed by atoms with van der Waals surface area (Å²) in [7, 11) is 1.28. The highest BCUT2D eigenvalue weighted by Crippen LogP contribution is 2.09. The Morgan fingerprint density at radius 1 is 1.56 bits per heavy atom. The minimum atomic E-state index is -0.465. The number of carbonyl (C=O) groups excluding carboxylic acids is 2. The Hall–Kier alpha value is -1.85. The van der Waals surface area contributed by atoms with Gasteiger partial charge in [-0.2, -0.15) is 0 Å². The number of rotatable bonds is 4. The molecule has 0 N–H and O–H groups in total. The maximum Gasteiger partial charge on any atom is 0.325 e. The summed E-state index contributed by atoms with van der Waals surface area (Å²) in [5, 5.41) is 0. The SMILES string of the molecule is CCN(CC(=O)OC)C(=O)c1ocnc1C. The molecule has 0 saturated carbocycles. The normalized spacial score (nSPS) is 9.94. The van der Waals surface area contributed by atoms with Crippen molar-refractivity contribution in [2.75, 3.05) is 20.2 Å². The van der Waals surface area contributed by atoms with Crippen LogP contribution in [0.25, 0.3) is 0 Å². The van der Waals surface area contributed by atoms with Crippen LogP contribution in [0.4, 0.5) is 0 Å². The largest absolute Gasteiger partial charge is 0.468 e. The Balaban J connectivity index is 2.78. The van der Waals surface area contributed by atoms with Crippen LogP contribution in [0.1, 0.15) is 23.2 Å². The number of nitrogens with zero attached hydrogens (tertiary/aromatic N) is 2. The van der Waals surface area contributed by atoms with Crippen LogP contribution in [0.15, 0.2) is 10.8 Å². The zero-order valence-electron chi connectivity index (χ0n) is 9.52. The minimum Gasteiger partial charge on any atom is -0.468 e. The lowest BCUT2D eigenvalue weighted by Gasteiger charge is -2.17. The number of oxazole rings is 1. The lowest BCUT2D eigenvalue weighted by atomic mass is 10.3. The summed E-state index contributed by atoms with van der Waals surface area (Å²) in [4.78, 5) is 28.1. The van der Waals surface area contributed by atoms with Gasteiger partial charge in [0.15, 0.2) is 6.39 Å². The molecule has 0 saturated heterocycles. The van der Waals surface area contributed by atoms with Crippen LogP contribution in [0.5, 0.6) is 0 Å². The molecule has 1 heterocycles. The standard InChI is InChI=1S/C10H14N2O4/c1-4-12(5-8(13)15-3)10(14)9-7(2)11-6-16-9/h6H,4-5H2,1-3H3. The maximum atomic E-state index is 11.9. The molecule has 0 aliphatic heterocycles. The van der Waals surface area contributed by atoms with E-state index in [0.717, 1.165) is 0 Å². The van der Waals surface area contributed by atoms with Crippen LogP contribution in [-0.2, 0) is 9.53 Å². The van der Waals surface area contributed by atoms with Crippen LogP contribution < -0.4 is 0 Å². The summed E-state index contributed by atoms with van der Waals surface area (Å²) in [5.74, 6) is -0.666. The number of aromatic nitrogens is 1. The van der Waals surface area contributed by atoms with Crippen molar-refractivity contribution in [2.45, 2.75) is 13.8 Å². The molecule has 0 aliphatic carbocycles. The fourth-order valence-corrected chi connectivity index (χ4v) is 1.20. The van der Waals surface area contributed by atoms with E-state index in [4.69, 9.17) is 4.42 Å². The summed E-state index contributed by atoms with van der Waals surface area (Å²) in [5.41, 5.74) is 0.508. The Morgan fingerprint density at radius 2 is 2.25 bits per heavy atom. The van der Waals surface area contributed by atoms with E-state index in [1.54, 1.807) is 13.8 Å². The smallest absolute Gasteiger partial charge is 0.325 e. The lowest BCUT2D eigenvalue weighted by molar-refractivity contribution is -0.141. The van der Waals surface area contributed by atoms with E-state index < -0.39 is 5.97 Å². The highest BCUT2D eigenvalue weighted by molar-refractivity contribution is 5.94. The van der Waals surface area contributed by atoms with Gasteiger partial charge in [0, 0.05) is 6.54 Å². The van der Waals surface area contributed by atoms with E-state index in [9.17, 15) is 9.59 Å². The predicted molar refractivity (Wildman–Crippen MR) is 54.8 cm³/mol. The molecule has 0 spiro atoms. The second kappa shape index (κ2) is 5.29. The van der Waals surface area contributed by atoms with E-state index >= 15 is 0 Å². The molecule has 0 unspecified atom stereocenters. The zero-order valence-corrected chi connectivity index (χ0v) is 9.52. The van der Waals surface area contributed by atoms with Crippen molar-refractivity contribution in [3.05, 3.63) is 17.8 Å². The van der Waals surface area contributed by atoms with Crippen molar-refractivity contribution < 1.29 is 18.7 Å². The van der Waals surface area contributed by atoms with E-state index in [1.165, 1.54) is 18.4 Å². The zero-order chi connectivity index (χ0) is 12.1. The molecule has 88 valence electrons. The monoisotopic (exact) mass is 226 g/mol. The number of hydrogen-bond acceptors (Lipinski definition) is 5. The van der Waals surface area contributed by atoms with Gasteiger partial charge in [-0.3, -0.25) is 9.59 Å². The topological polar surface area (TPSA) is 72.6 Å². The molecule has 1 aromatic heterocycles. The molecule has 1 amide bonds. The molecule has 0 radical (unpaired) electrons. The molecule has 1 rings (SSSR count). The predicted octanol–water partition coefficient (Wildman–Crippen LogP) is 0.618. The average Bonchev–Trinajstić information content (AvgIpc) is 2.71. The van der Waals surface area contributed by atoms with Crippen LogP contribution in [0.3, 0.4) is 0 Å². The first-order valence-corrected chi connectivity index (χ1v) is 4.86. The van der Waals surface area contributed by atoms with Gasteiger partial charge in [0.05, 0.1) is 12.8 Å². The highest BCUT2D eigenvalue weighted by Gasteiger charge is 2.22. The Labute approximate surface area is 93.2 Å². The fourth-order valence-electron chi connectivity index (χ4n) is 1.20. The molecule has 0 aromatic carbocycles. The first kappa shape index (κ1) is 12.2. The van der Waals surface area contributed by atoms with Gasteiger partial charge in [0.2, 0.25) is 5.76 Å². The van der Waals surface area contributed by atoms with Crippen molar-refractivity contribution in [2.24, 2.45) is 0 Å². The summed E-state index contributed by atoms with van der Waals surface area (Å²) in [6.07, 6.45) is 1.20. The van der Waals surface area contributed by atoms with Gasteiger partial charge < -0.3 is 14.1 Å². The number of amides is 1. The second-order valence-corrected chi connectivity index (χ2v) is 3.16. The van der Waals surface area contributed by atoms with Gasteiger partial charge in [-0.1, -0.05) is 0 Å². The lowest BCUT2D eigenvalue weighted by Crippen LogP contribution is -2.36. The molecule has 0 atom stereocenters. The third kappa shape index (κ3) is 2.59. The number of ether oxygens (including phenoxy) is 1. The van der Waals surface area contributed by atoms with Crippen molar-refractivity contribution in [3.8, 4) is 0 Å². The maximum absolute atomic E-state index is 11.9. The summed E-state index contributed by atoms with van der Waals surface area (Å²) < 4.78 is 9.47. The minimum absolute atomic E-state index is 0.0913. The molecular formula is C10H14N2O4. The number of methoxy groups -OCH3 is 1. The summed E-state index contributed by atoms with van der Waals surface area (Å²) >= 11 is 0. The molecular weight excluding hydrogens is 212 g/mol. The number of likely N-dealkylation sites (N-methyl/N-ethyl adjacent to an activating group) is 1. The second-order valence-electron chi connectivity index (χ2n) is 3.16. The Bertz CT molecular complexity index is 386. The van der Waals surface area contributed by atoms with E-state index in [1.807, 2.05) is 0 Å². The van der Waals surface area contributed by atoms with E-state index in [0.29, 0.717) is 12.2 Å². The fraction of sp³-hybridized carbons (Fsp3) is 0.500. The van der Waals surface area contributed by atoms with Crippen molar-refractivity contribution in [1.29, 1.82) is 0 Å². The first-order chi connectivity index (χ1) is 7.60. The van der Waals surface area contributed by atoms with Crippen molar-refractivity contribution in [1.82, 2.24) is 9.88 Å². The van der Waals surface area contributed by atoms with Gasteiger partial charge in [-0.15, -0.1) is 0 Å². The van der Waals surface area contributed by atoms with Gasteiger partial charge in [-0.05, 0) is 13.8 Å². The van der Waals surface area contributed by atoms with Gasteiger partial charge in [0.25, 0.3) is 5.91 Å². The number of hydrogen-bond donors (Lipinski definition) is 0. The van der Waals surface area contributed by atoms with Gasteiger partial charge in [-0.25, -0.2) is 4.98 Å². The molecule has 0 aliphatic rings. The number of aryl methyl sites for hydroxylation is 1. The Morgan fingerprint density at radius 3 is 2.69 bits per heavy atom. The molecule has 6 nitrogen and oxygen atoms in total. The van der Waals surface area contributed by atoms with E-state index in [2.05, 4.69) is 9.72 Å². The highest BCUT2D eigenvalue weighted by atomic mass is 16.5. The van der Waals surface area contributed by atoms with Crippen LogP contribution in [0.2, 0.25) is 0 Å². The summed E-state index contributed by atoms with van der Waals surface area (Å²) in [6.45, 7) is 3.75. The third-order valence-corrected chi connectivity index (χ3v) is 2.16. The molecule has 16 heavy (non-hydrogen) atoms. The first-order valence-electron chi connectivity index (χ1n) is 4.86. The number of carbonyl (C=O) groups is 2. The molecule has 6 heteroatoms. The number of esters is 1. The Kier molecular flexibility index (Phi) is 4.04. The van der Waals surface area contributed by atoms with Crippen LogP contribution in [-0.4, -0.2) is 42.0 Å². The molecule has 0 fully saturated rings. The van der Waals surface area contributed by atoms with Crippen molar-refractivity contribution >= 4 is 11.9 Å². The van der Waals surface area contributed by atoms with Gasteiger partial charge in [0.1, 0.15) is 6.54 Å². The van der Waals surface area contributed by atoms with Crippen molar-refractivity contribution in [3.63, 3.8) is 0 Å². The van der Waals surface area contributed by atoms with Crippen LogP contribution >= 0.6 is 0 Å². The van der Waals surface area contributed by atoms with Gasteiger partial charge >= 0.3 is 5.97 Å². The van der Waals surface area contributed by atoms with Crippen LogP contribution in [0, 0.1) is 6.92 Å². The third-order valence-electron chi connectivity index (χ3n) is 2.16. The average molecular weight is 226 g/mol. The molecule has 1 aromatic rings.